The van der Waals surface area contributed by atoms with Gasteiger partial charge in [-0.15, -0.1) is 0 Å². The van der Waals surface area contributed by atoms with Gasteiger partial charge < -0.3 is 4.74 Å². The molecule has 2 heterocycles. The van der Waals surface area contributed by atoms with Crippen LogP contribution >= 0.6 is 10.7 Å². The minimum absolute atomic E-state index is 0.0732. The monoisotopic (exact) mass is 377 g/mol. The van der Waals surface area contributed by atoms with E-state index in [-0.39, 0.29) is 24.3 Å². The summed E-state index contributed by atoms with van der Waals surface area (Å²) in [6, 6.07) is 0.951. The molecular formula is C12H12ClN3O7S. The Morgan fingerprint density at radius 3 is 2.79 bits per heavy atom. The fourth-order valence-corrected chi connectivity index (χ4v) is 3.72. The van der Waals surface area contributed by atoms with E-state index in [9.17, 15) is 28.1 Å². The summed E-state index contributed by atoms with van der Waals surface area (Å²) in [6.07, 6.45) is 0.927. The molecule has 1 unspecified atom stereocenters. The maximum Gasteiger partial charge on any atom is 0.339 e. The van der Waals surface area contributed by atoms with Crippen molar-refractivity contribution in [3.8, 4) is 0 Å². The Morgan fingerprint density at radius 2 is 2.25 bits per heavy atom. The third kappa shape index (κ3) is 3.97. The first-order valence-corrected chi connectivity index (χ1v) is 9.05. The van der Waals surface area contributed by atoms with Crippen molar-refractivity contribution in [2.45, 2.75) is 6.42 Å². The highest BCUT2D eigenvalue weighted by Crippen LogP contribution is 2.32. The van der Waals surface area contributed by atoms with Gasteiger partial charge in [0.15, 0.2) is 0 Å². The number of hydrogen-bond acceptors (Lipinski definition) is 8. The Kier molecular flexibility index (Phi) is 5.04. The third-order valence-corrected chi connectivity index (χ3v) is 4.61. The summed E-state index contributed by atoms with van der Waals surface area (Å²) in [4.78, 5) is 38.8. The third-order valence-electron chi connectivity index (χ3n) is 3.36. The van der Waals surface area contributed by atoms with Crippen LogP contribution in [0.5, 0.6) is 0 Å². The van der Waals surface area contributed by atoms with Gasteiger partial charge in [-0.25, -0.2) is 18.2 Å². The second-order valence-corrected chi connectivity index (χ2v) is 7.92. The highest BCUT2D eigenvalue weighted by molar-refractivity contribution is 8.13. The molecule has 10 nitrogen and oxygen atoms in total. The van der Waals surface area contributed by atoms with Gasteiger partial charge >= 0.3 is 11.7 Å². The molecule has 1 atom stereocenters. The number of nitro groups is 1. The van der Waals surface area contributed by atoms with E-state index in [1.54, 1.807) is 0 Å². The van der Waals surface area contributed by atoms with Crippen molar-refractivity contribution < 1.29 is 27.7 Å². The molecule has 0 spiro atoms. The van der Waals surface area contributed by atoms with Crippen molar-refractivity contribution in [2.75, 3.05) is 24.3 Å². The van der Waals surface area contributed by atoms with Gasteiger partial charge in [-0.3, -0.25) is 19.8 Å². The van der Waals surface area contributed by atoms with E-state index in [0.29, 0.717) is 0 Å². The molecule has 24 heavy (non-hydrogen) atoms. The molecular weight excluding hydrogens is 366 g/mol. The zero-order chi connectivity index (χ0) is 18.1. The van der Waals surface area contributed by atoms with Crippen LogP contribution in [0.4, 0.5) is 11.5 Å². The van der Waals surface area contributed by atoms with Gasteiger partial charge in [0.05, 0.1) is 23.3 Å². The van der Waals surface area contributed by atoms with E-state index >= 15 is 0 Å². The van der Waals surface area contributed by atoms with Crippen molar-refractivity contribution >= 4 is 43.1 Å². The van der Waals surface area contributed by atoms with Gasteiger partial charge in [-0.2, -0.15) is 0 Å². The number of carbonyl (C=O) groups excluding carboxylic acids is 2. The number of methoxy groups -OCH3 is 1. The summed E-state index contributed by atoms with van der Waals surface area (Å²) in [6.45, 7) is -0.0732. The van der Waals surface area contributed by atoms with Crippen molar-refractivity contribution in [1.82, 2.24) is 4.98 Å². The number of anilines is 1. The molecule has 12 heteroatoms. The maximum absolute atomic E-state index is 12.1. The zero-order valence-electron chi connectivity index (χ0n) is 12.3. The molecule has 1 amide bonds. The quantitative estimate of drug-likeness (QED) is 0.316. The number of esters is 1. The molecule has 1 aliphatic rings. The first kappa shape index (κ1) is 18.1. The van der Waals surface area contributed by atoms with E-state index in [0.717, 1.165) is 24.3 Å². The van der Waals surface area contributed by atoms with Crippen LogP contribution in [-0.2, 0) is 18.6 Å². The molecule has 0 radical (unpaired) electrons. The Hall–Kier alpha value is -2.27. The molecule has 1 fully saturated rings. The van der Waals surface area contributed by atoms with Gasteiger partial charge in [-0.1, -0.05) is 0 Å². The normalized spacial score (nSPS) is 17.8. The number of ether oxygens (including phenoxy) is 1. The smallest absolute Gasteiger partial charge is 0.339 e. The lowest BCUT2D eigenvalue weighted by atomic mass is 10.1. The molecule has 0 bridgehead atoms. The van der Waals surface area contributed by atoms with Gasteiger partial charge in [0.1, 0.15) is 0 Å². The summed E-state index contributed by atoms with van der Waals surface area (Å²) < 4.78 is 26.7. The number of amides is 1. The number of pyridine rings is 1. The maximum atomic E-state index is 12.1. The molecule has 0 aliphatic carbocycles. The fraction of sp³-hybridized carbons (Fsp3) is 0.417. The molecule has 0 N–H and O–H groups in total. The lowest BCUT2D eigenvalue weighted by Crippen LogP contribution is -2.27. The fourth-order valence-electron chi connectivity index (χ4n) is 2.40. The lowest BCUT2D eigenvalue weighted by Gasteiger charge is -2.15. The van der Waals surface area contributed by atoms with E-state index in [2.05, 4.69) is 9.72 Å². The number of aromatic nitrogens is 1. The van der Waals surface area contributed by atoms with E-state index in [1.807, 2.05) is 0 Å². The lowest BCUT2D eigenvalue weighted by molar-refractivity contribution is -0.384. The molecule has 0 saturated carbocycles. The van der Waals surface area contributed by atoms with Gasteiger partial charge in [0.2, 0.25) is 20.8 Å². The minimum Gasteiger partial charge on any atom is -0.465 e. The molecule has 1 aromatic rings. The molecule has 1 saturated heterocycles. The number of nitrogens with zero attached hydrogens (tertiary/aromatic N) is 3. The largest absolute Gasteiger partial charge is 0.465 e. The zero-order valence-corrected chi connectivity index (χ0v) is 13.9. The second kappa shape index (κ2) is 6.69. The van der Waals surface area contributed by atoms with Crippen LogP contribution in [0.1, 0.15) is 16.8 Å². The molecule has 0 aromatic carbocycles. The first-order valence-electron chi connectivity index (χ1n) is 6.58. The van der Waals surface area contributed by atoms with Gasteiger partial charge in [-0.05, 0) is 0 Å². The second-order valence-electron chi connectivity index (χ2n) is 5.10. The van der Waals surface area contributed by atoms with Crippen LogP contribution < -0.4 is 4.90 Å². The van der Waals surface area contributed by atoms with Crippen LogP contribution in [0.15, 0.2) is 12.3 Å². The summed E-state index contributed by atoms with van der Waals surface area (Å²) >= 11 is 0. The Balaban J connectivity index is 2.36. The van der Waals surface area contributed by atoms with E-state index < -0.39 is 43.2 Å². The predicted molar refractivity (Wildman–Crippen MR) is 82.3 cm³/mol. The Morgan fingerprint density at radius 1 is 1.58 bits per heavy atom. The average Bonchev–Trinajstić information content (AvgIpc) is 2.83. The van der Waals surface area contributed by atoms with Crippen molar-refractivity contribution in [1.29, 1.82) is 0 Å². The predicted octanol–water partition coefficient (Wildman–Crippen LogP) is 0.698. The number of halogens is 1. The Labute approximate surface area is 140 Å². The highest BCUT2D eigenvalue weighted by Gasteiger charge is 2.37. The van der Waals surface area contributed by atoms with Crippen LogP contribution in [0.3, 0.4) is 0 Å². The minimum atomic E-state index is -3.81. The van der Waals surface area contributed by atoms with E-state index in [1.165, 1.54) is 0 Å². The number of hydrogen-bond donors (Lipinski definition) is 0. The standard InChI is InChI=1S/C12H12ClN3O7S/c1-23-12(18)8-3-9(16(19)20)11(14-4-8)15-5-7(2-10(15)17)6-24(13,21)22/h3-4,7H,2,5-6H2,1H3. The van der Waals surface area contributed by atoms with Gasteiger partial charge in [0.25, 0.3) is 0 Å². The summed E-state index contributed by atoms with van der Waals surface area (Å²) in [5.41, 5.74) is -0.694. The van der Waals surface area contributed by atoms with Crippen molar-refractivity contribution in [2.24, 2.45) is 5.92 Å². The number of rotatable bonds is 5. The molecule has 1 aromatic heterocycles. The summed E-state index contributed by atoms with van der Waals surface area (Å²) in [5, 5.41) is 11.2. The van der Waals surface area contributed by atoms with Crippen molar-refractivity contribution in [3.05, 3.63) is 27.9 Å². The Bertz CT molecular complexity index is 811. The molecule has 2 rings (SSSR count). The van der Waals surface area contributed by atoms with Gasteiger partial charge in [0, 0.05) is 41.8 Å². The molecule has 130 valence electrons. The first-order chi connectivity index (χ1) is 11.1. The SMILES string of the molecule is COC(=O)c1cnc(N2CC(CS(=O)(=O)Cl)CC2=O)c([N+](=O)[O-])c1. The summed E-state index contributed by atoms with van der Waals surface area (Å²) in [7, 11) is 2.48. The van der Waals surface area contributed by atoms with Crippen LogP contribution in [0.25, 0.3) is 0 Å². The summed E-state index contributed by atoms with van der Waals surface area (Å²) in [5.74, 6) is -2.60. The van der Waals surface area contributed by atoms with E-state index in [4.69, 9.17) is 10.7 Å². The van der Waals surface area contributed by atoms with Crippen LogP contribution in [0.2, 0.25) is 0 Å². The topological polar surface area (TPSA) is 137 Å². The van der Waals surface area contributed by atoms with Crippen LogP contribution in [-0.4, -0.2) is 49.6 Å². The number of carbonyl (C=O) groups is 2. The van der Waals surface area contributed by atoms with Crippen molar-refractivity contribution in [3.63, 3.8) is 0 Å². The average molecular weight is 378 g/mol. The van der Waals surface area contributed by atoms with Crippen LogP contribution in [0, 0.1) is 16.0 Å². The molecule has 1 aliphatic heterocycles. The highest BCUT2D eigenvalue weighted by atomic mass is 35.7.